The number of hydrogen-bond donors (Lipinski definition) is 1. The van der Waals surface area contributed by atoms with Gasteiger partial charge in [-0.25, -0.2) is 4.98 Å². The molecule has 0 amide bonds. The molecule has 5 heteroatoms. The number of aromatic nitrogens is 1. The standard InChI is InChI=1S/C17H20BrN3O/c1-12-15(10-20-11-19-3)9-16(18)17(21-12)22-13(2)14-7-5-4-6-8-14/h4-9,11,13H,10H2,1-3H3,(H,19,20). The van der Waals surface area contributed by atoms with Gasteiger partial charge in [-0.3, -0.25) is 4.99 Å². The van der Waals surface area contributed by atoms with Crippen LogP contribution in [0.25, 0.3) is 0 Å². The van der Waals surface area contributed by atoms with Crippen LogP contribution in [0.15, 0.2) is 45.9 Å². The van der Waals surface area contributed by atoms with Gasteiger partial charge in [0.05, 0.1) is 17.4 Å². The van der Waals surface area contributed by atoms with E-state index < -0.39 is 0 Å². The van der Waals surface area contributed by atoms with E-state index in [9.17, 15) is 0 Å². The molecule has 0 bridgehead atoms. The monoisotopic (exact) mass is 361 g/mol. The summed E-state index contributed by atoms with van der Waals surface area (Å²) in [5.74, 6) is 0.607. The Morgan fingerprint density at radius 3 is 2.77 bits per heavy atom. The van der Waals surface area contributed by atoms with Gasteiger partial charge in [0.1, 0.15) is 6.10 Å². The first-order chi connectivity index (χ1) is 10.6. The molecule has 0 aliphatic carbocycles. The number of nitrogens with one attached hydrogen (secondary N) is 1. The van der Waals surface area contributed by atoms with E-state index in [1.54, 1.807) is 6.34 Å². The van der Waals surface area contributed by atoms with Gasteiger partial charge in [0, 0.05) is 12.7 Å². The maximum atomic E-state index is 5.98. The highest BCUT2D eigenvalue weighted by molar-refractivity contribution is 9.10. The minimum Gasteiger partial charge on any atom is -0.469 e. The van der Waals surface area contributed by atoms with Gasteiger partial charge < -0.3 is 10.1 Å². The number of rotatable bonds is 6. The molecule has 116 valence electrons. The van der Waals surface area contributed by atoms with Crippen molar-refractivity contribution in [2.75, 3.05) is 7.05 Å². The van der Waals surface area contributed by atoms with E-state index in [2.05, 4.69) is 31.2 Å². The molecule has 0 fully saturated rings. The van der Waals surface area contributed by atoms with Crippen molar-refractivity contribution < 1.29 is 4.74 Å². The Kier molecular flexibility index (Phi) is 5.95. The molecule has 22 heavy (non-hydrogen) atoms. The summed E-state index contributed by atoms with van der Waals surface area (Å²) in [6.45, 7) is 4.58. The SMILES string of the molecule is CN/C=N\Cc1cc(Br)c(OC(C)c2ccccc2)nc1C. The fraction of sp³-hybridized carbons (Fsp3) is 0.294. The first-order valence-corrected chi connectivity index (χ1v) is 7.94. The van der Waals surface area contributed by atoms with E-state index in [1.807, 2.05) is 57.3 Å². The minimum atomic E-state index is -0.0578. The maximum Gasteiger partial charge on any atom is 0.228 e. The Morgan fingerprint density at radius 1 is 1.36 bits per heavy atom. The van der Waals surface area contributed by atoms with Gasteiger partial charge in [-0.05, 0) is 47.0 Å². The molecule has 1 aromatic heterocycles. The molecule has 0 aliphatic rings. The predicted octanol–water partition coefficient (Wildman–Crippen LogP) is 4.04. The second-order valence-corrected chi connectivity index (χ2v) is 5.80. The Labute approximate surface area is 139 Å². The lowest BCUT2D eigenvalue weighted by Gasteiger charge is -2.16. The molecule has 0 saturated heterocycles. The average molecular weight is 362 g/mol. The van der Waals surface area contributed by atoms with Crippen LogP contribution < -0.4 is 10.1 Å². The molecule has 0 radical (unpaired) electrons. The molecule has 1 atom stereocenters. The maximum absolute atomic E-state index is 5.98. The Morgan fingerprint density at radius 2 is 2.09 bits per heavy atom. The van der Waals surface area contributed by atoms with Gasteiger partial charge in [0.2, 0.25) is 5.88 Å². The molecule has 0 spiro atoms. The second-order valence-electron chi connectivity index (χ2n) is 4.95. The Bertz CT molecular complexity index is 644. The summed E-state index contributed by atoms with van der Waals surface area (Å²) < 4.78 is 6.83. The summed E-state index contributed by atoms with van der Waals surface area (Å²) in [6, 6.07) is 12.1. The van der Waals surface area contributed by atoms with E-state index in [0.717, 1.165) is 21.3 Å². The lowest BCUT2D eigenvalue weighted by Crippen LogP contribution is -2.06. The number of benzene rings is 1. The topological polar surface area (TPSA) is 46.5 Å². The molecule has 4 nitrogen and oxygen atoms in total. The van der Waals surface area contributed by atoms with Crippen molar-refractivity contribution in [1.82, 2.24) is 10.3 Å². The summed E-state index contributed by atoms with van der Waals surface area (Å²) in [5, 5.41) is 2.88. The number of pyridine rings is 1. The highest BCUT2D eigenvalue weighted by Gasteiger charge is 2.13. The zero-order valence-corrected chi connectivity index (χ0v) is 14.6. The zero-order valence-electron chi connectivity index (χ0n) is 13.0. The van der Waals surface area contributed by atoms with Crippen LogP contribution in [0.4, 0.5) is 0 Å². The predicted molar refractivity (Wildman–Crippen MR) is 93.4 cm³/mol. The molecule has 0 saturated carbocycles. The van der Waals surface area contributed by atoms with Crippen LogP contribution in [0.1, 0.15) is 29.8 Å². The summed E-state index contributed by atoms with van der Waals surface area (Å²) in [5.41, 5.74) is 3.11. The van der Waals surface area contributed by atoms with E-state index in [1.165, 1.54) is 0 Å². The van der Waals surface area contributed by atoms with Crippen molar-refractivity contribution in [1.29, 1.82) is 0 Å². The number of halogens is 1. The van der Waals surface area contributed by atoms with Gasteiger partial charge in [0.25, 0.3) is 0 Å². The molecular formula is C17H20BrN3O. The summed E-state index contributed by atoms with van der Waals surface area (Å²) in [7, 11) is 1.83. The molecule has 1 aromatic carbocycles. The largest absolute Gasteiger partial charge is 0.469 e. The number of nitrogens with zero attached hydrogens (tertiary/aromatic N) is 2. The van der Waals surface area contributed by atoms with Crippen LogP contribution in [-0.2, 0) is 6.54 Å². The molecule has 1 unspecified atom stereocenters. The van der Waals surface area contributed by atoms with Crippen LogP contribution in [-0.4, -0.2) is 18.4 Å². The molecular weight excluding hydrogens is 342 g/mol. The molecule has 1 N–H and O–H groups in total. The van der Waals surface area contributed by atoms with E-state index in [4.69, 9.17) is 4.74 Å². The fourth-order valence-electron chi connectivity index (χ4n) is 2.03. The first-order valence-electron chi connectivity index (χ1n) is 7.15. The molecule has 0 aliphatic heterocycles. The van der Waals surface area contributed by atoms with Crippen LogP contribution in [0.2, 0.25) is 0 Å². The number of aryl methyl sites for hydroxylation is 1. The van der Waals surface area contributed by atoms with Crippen molar-refractivity contribution in [3.63, 3.8) is 0 Å². The van der Waals surface area contributed by atoms with Crippen LogP contribution in [0.3, 0.4) is 0 Å². The number of hydrogen-bond acceptors (Lipinski definition) is 3. The summed E-state index contributed by atoms with van der Waals surface area (Å²) in [6.07, 6.45) is 1.62. The lowest BCUT2D eigenvalue weighted by atomic mass is 10.1. The lowest BCUT2D eigenvalue weighted by molar-refractivity contribution is 0.215. The fourth-order valence-corrected chi connectivity index (χ4v) is 2.49. The quantitative estimate of drug-likeness (QED) is 0.623. The van der Waals surface area contributed by atoms with E-state index >= 15 is 0 Å². The summed E-state index contributed by atoms with van der Waals surface area (Å²) in [4.78, 5) is 8.82. The second kappa shape index (κ2) is 7.94. The summed E-state index contributed by atoms with van der Waals surface area (Å²) >= 11 is 3.54. The van der Waals surface area contributed by atoms with Crippen LogP contribution in [0, 0.1) is 6.92 Å². The average Bonchev–Trinajstić information content (AvgIpc) is 2.53. The van der Waals surface area contributed by atoms with Crippen molar-refractivity contribution in [3.05, 3.63) is 57.7 Å². The van der Waals surface area contributed by atoms with Crippen LogP contribution in [0.5, 0.6) is 5.88 Å². The van der Waals surface area contributed by atoms with Crippen molar-refractivity contribution in [3.8, 4) is 5.88 Å². The molecule has 2 aromatic rings. The van der Waals surface area contributed by atoms with Crippen molar-refractivity contribution in [2.24, 2.45) is 4.99 Å². The highest BCUT2D eigenvalue weighted by Crippen LogP contribution is 2.29. The van der Waals surface area contributed by atoms with Crippen molar-refractivity contribution >= 4 is 22.3 Å². The minimum absolute atomic E-state index is 0.0578. The third kappa shape index (κ3) is 4.31. The van der Waals surface area contributed by atoms with Crippen molar-refractivity contribution in [2.45, 2.75) is 26.5 Å². The molecule has 1 heterocycles. The van der Waals surface area contributed by atoms with Gasteiger partial charge in [-0.15, -0.1) is 0 Å². The van der Waals surface area contributed by atoms with Gasteiger partial charge in [0.15, 0.2) is 0 Å². The molecule has 2 rings (SSSR count). The third-order valence-corrected chi connectivity index (χ3v) is 3.85. The number of ether oxygens (including phenoxy) is 1. The van der Waals surface area contributed by atoms with E-state index in [0.29, 0.717) is 12.4 Å². The highest BCUT2D eigenvalue weighted by atomic mass is 79.9. The first kappa shape index (κ1) is 16.5. The number of aliphatic imine (C=N–C) groups is 1. The third-order valence-electron chi connectivity index (χ3n) is 3.28. The van der Waals surface area contributed by atoms with Gasteiger partial charge >= 0.3 is 0 Å². The van der Waals surface area contributed by atoms with Gasteiger partial charge in [-0.1, -0.05) is 30.3 Å². The normalized spacial score (nSPS) is 12.4. The Balaban J connectivity index is 2.15. The van der Waals surface area contributed by atoms with Gasteiger partial charge in [-0.2, -0.15) is 0 Å². The van der Waals surface area contributed by atoms with E-state index in [-0.39, 0.29) is 6.10 Å². The zero-order chi connectivity index (χ0) is 15.9. The van der Waals surface area contributed by atoms with Crippen LogP contribution >= 0.6 is 15.9 Å². The Hall–Kier alpha value is -1.88. The smallest absolute Gasteiger partial charge is 0.228 e.